The average molecular weight is 458 g/mol. The van der Waals surface area contributed by atoms with Crippen LogP contribution >= 0.6 is 0 Å². The summed E-state index contributed by atoms with van der Waals surface area (Å²) >= 11 is 0. The normalized spacial score (nSPS) is 11.7. The average Bonchev–Trinajstić information content (AvgIpc) is 2.83. The fraction of sp³-hybridized carbons (Fsp3) is 0.154. The van der Waals surface area contributed by atoms with Gasteiger partial charge in [0, 0.05) is 23.4 Å². The molecule has 1 heterocycles. The number of benzene rings is 3. The number of carbonyl (C=O) groups excluding carboxylic acids is 2. The third kappa shape index (κ3) is 4.71. The highest BCUT2D eigenvalue weighted by atomic mass is 19.1. The molecule has 34 heavy (non-hydrogen) atoms. The molecule has 4 rings (SSSR count). The van der Waals surface area contributed by atoms with Gasteiger partial charge in [0.05, 0.1) is 18.2 Å². The molecule has 0 radical (unpaired) electrons. The first-order valence-electron chi connectivity index (χ1n) is 10.6. The molecular formula is C26H23FN4O3. The van der Waals surface area contributed by atoms with Crippen LogP contribution in [-0.4, -0.2) is 28.8 Å². The van der Waals surface area contributed by atoms with E-state index in [0.29, 0.717) is 22.3 Å². The zero-order valence-electron chi connectivity index (χ0n) is 18.7. The summed E-state index contributed by atoms with van der Waals surface area (Å²) in [6, 6.07) is 16.8. The van der Waals surface area contributed by atoms with Gasteiger partial charge in [-0.1, -0.05) is 30.3 Å². The predicted molar refractivity (Wildman–Crippen MR) is 128 cm³/mol. The van der Waals surface area contributed by atoms with Gasteiger partial charge in [-0.2, -0.15) is 0 Å². The first kappa shape index (κ1) is 22.8. The van der Waals surface area contributed by atoms with Crippen LogP contribution in [0, 0.1) is 5.82 Å². The molecular weight excluding hydrogens is 435 g/mol. The number of amides is 1. The zero-order chi connectivity index (χ0) is 24.2. The Kier molecular flexibility index (Phi) is 6.49. The predicted octanol–water partition coefficient (Wildman–Crippen LogP) is 4.47. The van der Waals surface area contributed by atoms with Gasteiger partial charge in [-0.3, -0.25) is 9.59 Å². The highest BCUT2D eigenvalue weighted by Crippen LogP contribution is 2.26. The van der Waals surface area contributed by atoms with Crippen molar-refractivity contribution in [3.05, 3.63) is 95.1 Å². The number of nitrogens with two attached hydrogens (primary N) is 1. The maximum Gasteiger partial charge on any atom is 0.250 e. The van der Waals surface area contributed by atoms with Crippen molar-refractivity contribution in [2.24, 2.45) is 5.73 Å². The fourth-order valence-electron chi connectivity index (χ4n) is 3.79. The number of Topliss-reactive ketones (excluding diaryl/α,β-unsaturated/α-hetero) is 1. The summed E-state index contributed by atoms with van der Waals surface area (Å²) in [5.41, 5.74) is 8.29. The summed E-state index contributed by atoms with van der Waals surface area (Å²) in [5, 5.41) is 4.03. The Bertz CT molecular complexity index is 1390. The van der Waals surface area contributed by atoms with Gasteiger partial charge in [0.1, 0.15) is 12.1 Å². The Morgan fingerprint density at radius 1 is 1.09 bits per heavy atom. The lowest BCUT2D eigenvalue weighted by Crippen LogP contribution is -2.13. The first-order chi connectivity index (χ1) is 16.4. The Labute approximate surface area is 195 Å². The van der Waals surface area contributed by atoms with Crippen molar-refractivity contribution < 1.29 is 18.7 Å². The molecule has 0 saturated heterocycles. The quantitative estimate of drug-likeness (QED) is 0.377. The van der Waals surface area contributed by atoms with Gasteiger partial charge in [0.2, 0.25) is 0 Å². The van der Waals surface area contributed by atoms with E-state index in [1.54, 1.807) is 18.2 Å². The lowest BCUT2D eigenvalue weighted by Gasteiger charge is -2.17. The lowest BCUT2D eigenvalue weighted by atomic mass is 9.99. The molecule has 4 aromatic rings. The number of primary amides is 1. The first-order valence-corrected chi connectivity index (χ1v) is 10.6. The summed E-state index contributed by atoms with van der Waals surface area (Å²) in [5.74, 6) is -0.663. The number of hydrogen-bond donors (Lipinski definition) is 2. The summed E-state index contributed by atoms with van der Waals surface area (Å²) < 4.78 is 18.9. The van der Waals surface area contributed by atoms with E-state index in [-0.39, 0.29) is 29.6 Å². The molecule has 0 aliphatic heterocycles. The van der Waals surface area contributed by atoms with Crippen molar-refractivity contribution in [3.8, 4) is 5.75 Å². The minimum Gasteiger partial charge on any atom is -0.494 e. The van der Waals surface area contributed by atoms with Crippen LogP contribution in [0.25, 0.3) is 10.9 Å². The number of methoxy groups -OCH3 is 1. The number of anilines is 1. The zero-order valence-corrected chi connectivity index (χ0v) is 18.7. The van der Waals surface area contributed by atoms with E-state index >= 15 is 0 Å². The van der Waals surface area contributed by atoms with E-state index in [9.17, 15) is 14.0 Å². The summed E-state index contributed by atoms with van der Waals surface area (Å²) in [7, 11) is 1.38. The largest absolute Gasteiger partial charge is 0.494 e. The lowest BCUT2D eigenvalue weighted by molar-refractivity contribution is 0.0987. The number of fused-ring (bicyclic) bond motifs is 1. The van der Waals surface area contributed by atoms with Crippen LogP contribution in [0.5, 0.6) is 5.75 Å². The molecule has 0 aliphatic rings. The minimum atomic E-state index is -0.573. The van der Waals surface area contributed by atoms with Crippen LogP contribution in [0.15, 0.2) is 67.0 Å². The SMILES string of the molecule is COc1ccc(C(=O)Cc2cccc([C@@H](C)Nc3ncnc4c(C(N)=O)cccc34)c2)cc1F. The molecule has 8 heteroatoms. The highest BCUT2D eigenvalue weighted by molar-refractivity contribution is 6.06. The third-order valence-corrected chi connectivity index (χ3v) is 5.57. The molecule has 1 amide bonds. The molecule has 0 aliphatic carbocycles. The van der Waals surface area contributed by atoms with Crippen LogP contribution in [0.3, 0.4) is 0 Å². The number of rotatable bonds is 8. The molecule has 0 fully saturated rings. The van der Waals surface area contributed by atoms with Gasteiger partial charge in [-0.15, -0.1) is 0 Å². The maximum atomic E-state index is 14.0. The van der Waals surface area contributed by atoms with Gasteiger partial charge in [0.25, 0.3) is 5.91 Å². The molecule has 0 bridgehead atoms. The number of halogens is 1. The van der Waals surface area contributed by atoms with E-state index in [1.165, 1.54) is 25.6 Å². The van der Waals surface area contributed by atoms with Crippen LogP contribution in [-0.2, 0) is 6.42 Å². The van der Waals surface area contributed by atoms with Crippen LogP contribution in [0.1, 0.15) is 44.8 Å². The maximum absolute atomic E-state index is 14.0. The third-order valence-electron chi connectivity index (χ3n) is 5.57. The van der Waals surface area contributed by atoms with Gasteiger partial charge < -0.3 is 15.8 Å². The fourth-order valence-corrected chi connectivity index (χ4v) is 3.79. The van der Waals surface area contributed by atoms with Gasteiger partial charge in [-0.05, 0) is 48.4 Å². The topological polar surface area (TPSA) is 107 Å². The second-order valence-corrected chi connectivity index (χ2v) is 7.85. The molecule has 0 saturated carbocycles. The standard InChI is InChI=1S/C26H23FN4O3/c1-15(31-26-20-8-4-7-19(25(28)33)24(20)29-14-30-26)17-6-3-5-16(11-17)12-22(32)18-9-10-23(34-2)21(27)13-18/h3-11,13-15H,12H2,1-2H3,(H2,28,33)(H,29,30,31)/t15-/m1/s1. The number of ketones is 1. The van der Waals surface area contributed by atoms with E-state index in [4.69, 9.17) is 10.5 Å². The summed E-state index contributed by atoms with van der Waals surface area (Å²) in [4.78, 5) is 33.0. The van der Waals surface area contributed by atoms with E-state index < -0.39 is 11.7 Å². The van der Waals surface area contributed by atoms with E-state index in [2.05, 4.69) is 15.3 Å². The second-order valence-electron chi connectivity index (χ2n) is 7.85. The van der Waals surface area contributed by atoms with Crippen LogP contribution < -0.4 is 15.8 Å². The monoisotopic (exact) mass is 458 g/mol. The molecule has 1 atom stereocenters. The van der Waals surface area contributed by atoms with Gasteiger partial charge in [0.15, 0.2) is 17.3 Å². The molecule has 3 N–H and O–H groups in total. The van der Waals surface area contributed by atoms with Crippen molar-refractivity contribution in [2.75, 3.05) is 12.4 Å². The number of carbonyl (C=O) groups is 2. The number of nitrogens with one attached hydrogen (secondary N) is 1. The van der Waals surface area contributed by atoms with Crippen molar-refractivity contribution in [2.45, 2.75) is 19.4 Å². The van der Waals surface area contributed by atoms with Crippen molar-refractivity contribution >= 4 is 28.4 Å². The molecule has 3 aromatic carbocycles. The van der Waals surface area contributed by atoms with Crippen molar-refractivity contribution in [3.63, 3.8) is 0 Å². The molecule has 0 spiro atoms. The molecule has 7 nitrogen and oxygen atoms in total. The summed E-state index contributed by atoms with van der Waals surface area (Å²) in [6.07, 6.45) is 1.51. The van der Waals surface area contributed by atoms with E-state index in [1.807, 2.05) is 37.3 Å². The van der Waals surface area contributed by atoms with Crippen molar-refractivity contribution in [1.29, 1.82) is 0 Å². The number of nitrogens with zero attached hydrogens (tertiary/aromatic N) is 2. The molecule has 0 unspecified atom stereocenters. The number of para-hydroxylation sites is 1. The Morgan fingerprint density at radius 2 is 1.88 bits per heavy atom. The van der Waals surface area contributed by atoms with Gasteiger partial charge >= 0.3 is 0 Å². The molecule has 1 aromatic heterocycles. The Hall–Kier alpha value is -4.33. The Morgan fingerprint density at radius 3 is 2.62 bits per heavy atom. The number of aromatic nitrogens is 2. The molecule has 172 valence electrons. The number of hydrogen-bond acceptors (Lipinski definition) is 6. The van der Waals surface area contributed by atoms with E-state index in [0.717, 1.165) is 11.1 Å². The summed E-state index contributed by atoms with van der Waals surface area (Å²) in [6.45, 7) is 1.96. The van der Waals surface area contributed by atoms with Crippen LogP contribution in [0.4, 0.5) is 10.2 Å². The van der Waals surface area contributed by atoms with Gasteiger partial charge in [-0.25, -0.2) is 14.4 Å². The second kappa shape index (κ2) is 9.66. The van der Waals surface area contributed by atoms with Crippen molar-refractivity contribution in [1.82, 2.24) is 9.97 Å². The smallest absolute Gasteiger partial charge is 0.250 e. The minimum absolute atomic E-state index is 0.0960. The Balaban J connectivity index is 1.54. The highest BCUT2D eigenvalue weighted by Gasteiger charge is 2.15. The number of ether oxygens (including phenoxy) is 1. The van der Waals surface area contributed by atoms with Crippen LogP contribution in [0.2, 0.25) is 0 Å².